The lowest BCUT2D eigenvalue weighted by Crippen LogP contribution is -2.66. The average Bonchev–Trinajstić information content (AvgIpc) is 4.04. The Labute approximate surface area is 347 Å². The Hall–Kier alpha value is -4.81. The first-order chi connectivity index (χ1) is 28.0. The predicted molar refractivity (Wildman–Crippen MR) is 213 cm³/mol. The summed E-state index contributed by atoms with van der Waals surface area (Å²) in [4.78, 5) is 62.2. The van der Waals surface area contributed by atoms with Crippen molar-refractivity contribution in [1.29, 1.82) is 0 Å². The molecule has 330 valence electrons. The van der Waals surface area contributed by atoms with E-state index in [9.17, 15) is 41.1 Å². The second-order valence-electron chi connectivity index (χ2n) is 17.4. The quantitative estimate of drug-likeness (QED) is 0.253. The number of ether oxygens (including phenoxy) is 3. The molecule has 60 heavy (non-hydrogen) atoms. The predicted octanol–water partition coefficient (Wildman–Crippen LogP) is 5.57. The SMILES string of the molecule is CCOc1ccc2c(O[C@@H]3C[C@H]4C(=O)N[C@]5(C(=O)NS(=O)(=O)C6(C)CC6)C[C@H]5C=CCC[C@H](C)C[C@@H](C)[C@H](N(C(=O)O)C(C)(C)C(F)(F)F)C(=O)N4C3)ncc(OC)c2c1. The van der Waals surface area contributed by atoms with E-state index in [1.54, 1.807) is 30.4 Å². The van der Waals surface area contributed by atoms with Gasteiger partial charge in [0.15, 0.2) is 0 Å². The number of halogens is 3. The molecule has 3 fully saturated rings. The van der Waals surface area contributed by atoms with E-state index in [2.05, 4.69) is 15.0 Å². The number of alkyl halides is 3. The summed E-state index contributed by atoms with van der Waals surface area (Å²) >= 11 is 0. The van der Waals surface area contributed by atoms with Crippen molar-refractivity contribution in [2.75, 3.05) is 20.3 Å². The van der Waals surface area contributed by atoms with Crippen LogP contribution in [0.4, 0.5) is 18.0 Å². The van der Waals surface area contributed by atoms with Crippen LogP contribution >= 0.6 is 0 Å². The van der Waals surface area contributed by atoms with Crippen LogP contribution in [-0.4, -0.2) is 113 Å². The molecule has 2 aliphatic heterocycles. The Morgan fingerprint density at radius 3 is 2.45 bits per heavy atom. The lowest BCUT2D eigenvalue weighted by atomic mass is 9.85. The molecular weight excluding hydrogens is 812 g/mol. The summed E-state index contributed by atoms with van der Waals surface area (Å²) in [5.41, 5.74) is -4.77. The van der Waals surface area contributed by atoms with Crippen molar-refractivity contribution < 1.29 is 60.1 Å². The van der Waals surface area contributed by atoms with Gasteiger partial charge in [-0.1, -0.05) is 26.0 Å². The molecule has 0 unspecified atom stereocenters. The van der Waals surface area contributed by atoms with E-state index in [4.69, 9.17) is 14.2 Å². The molecule has 4 amide bonds. The second-order valence-corrected chi connectivity index (χ2v) is 19.6. The topological polar surface area (TPSA) is 194 Å². The molecule has 4 aliphatic rings. The molecule has 0 bridgehead atoms. The van der Waals surface area contributed by atoms with Crippen LogP contribution in [0.1, 0.15) is 86.5 Å². The maximum absolute atomic E-state index is 15.1. The highest BCUT2D eigenvalue weighted by atomic mass is 32.2. The minimum atomic E-state index is -5.10. The number of carbonyl (C=O) groups is 4. The van der Waals surface area contributed by atoms with Gasteiger partial charge >= 0.3 is 12.3 Å². The van der Waals surface area contributed by atoms with Crippen molar-refractivity contribution in [1.82, 2.24) is 24.8 Å². The molecule has 1 aromatic heterocycles. The average molecular weight is 866 g/mol. The Balaban J connectivity index is 1.43. The monoisotopic (exact) mass is 865 g/mol. The Bertz CT molecular complexity index is 2160. The largest absolute Gasteiger partial charge is 0.494 e. The summed E-state index contributed by atoms with van der Waals surface area (Å²) < 4.78 is 89.3. The van der Waals surface area contributed by atoms with E-state index in [1.807, 2.05) is 13.8 Å². The number of methoxy groups -OCH3 is 1. The molecule has 0 spiro atoms. The van der Waals surface area contributed by atoms with Crippen LogP contribution in [-0.2, 0) is 24.4 Å². The van der Waals surface area contributed by atoms with Crippen molar-refractivity contribution >= 4 is 44.6 Å². The fourth-order valence-electron chi connectivity index (χ4n) is 8.43. The highest BCUT2D eigenvalue weighted by molar-refractivity contribution is 7.91. The number of aromatic nitrogens is 1. The first kappa shape index (κ1) is 44.7. The van der Waals surface area contributed by atoms with Gasteiger partial charge in [0.05, 0.1) is 31.2 Å². The van der Waals surface area contributed by atoms with Crippen LogP contribution in [0.15, 0.2) is 36.5 Å². The van der Waals surface area contributed by atoms with Gasteiger partial charge in [0.25, 0.3) is 5.91 Å². The highest BCUT2D eigenvalue weighted by Crippen LogP contribution is 2.48. The zero-order valence-corrected chi connectivity index (χ0v) is 35.6. The van der Waals surface area contributed by atoms with Crippen LogP contribution in [0.2, 0.25) is 0 Å². The summed E-state index contributed by atoms with van der Waals surface area (Å²) in [6.07, 6.45) is -1.53. The third-order valence-corrected chi connectivity index (χ3v) is 14.7. The van der Waals surface area contributed by atoms with E-state index >= 15 is 4.79 Å². The number of pyridine rings is 1. The molecule has 1 aromatic carbocycles. The van der Waals surface area contributed by atoms with E-state index in [-0.39, 0.29) is 42.5 Å². The summed E-state index contributed by atoms with van der Waals surface area (Å²) in [6.45, 7) is 8.10. The number of sulfonamides is 1. The van der Waals surface area contributed by atoms with Gasteiger partial charge < -0.3 is 29.5 Å². The molecule has 2 aromatic rings. The van der Waals surface area contributed by atoms with Crippen LogP contribution in [0.5, 0.6) is 17.4 Å². The van der Waals surface area contributed by atoms with E-state index in [0.717, 1.165) is 4.90 Å². The number of nitrogens with one attached hydrogen (secondary N) is 2. The second kappa shape index (κ2) is 16.2. The lowest BCUT2D eigenvalue weighted by Gasteiger charge is -2.45. The van der Waals surface area contributed by atoms with Gasteiger partial charge in [-0.15, -0.1) is 0 Å². The molecule has 15 nitrogen and oxygen atoms in total. The van der Waals surface area contributed by atoms with Gasteiger partial charge in [0.2, 0.25) is 27.7 Å². The number of amides is 4. The zero-order chi connectivity index (χ0) is 44.2. The van der Waals surface area contributed by atoms with E-state index in [1.165, 1.54) is 27.2 Å². The van der Waals surface area contributed by atoms with Gasteiger partial charge in [-0.25, -0.2) is 18.2 Å². The van der Waals surface area contributed by atoms with Crippen molar-refractivity contribution in [3.63, 3.8) is 0 Å². The fraction of sp³-hybridized carbons (Fsp3) is 0.634. The summed E-state index contributed by atoms with van der Waals surface area (Å²) in [5, 5.41) is 14.3. The minimum Gasteiger partial charge on any atom is -0.494 e. The third-order valence-electron chi connectivity index (χ3n) is 12.6. The standard InChI is InChI=1S/C41H54F3N5O10S/c1-8-58-26-13-14-28-29(18-26)31(57-7)21-45-34(28)59-27-19-30-33(50)46-40(36(52)47-60(55,56)39(6)15-16-39)20-25(40)12-10-9-11-23(2)17-24(3)32(35(51)48(30)22-27)49(37(53)54)38(4,5)41(42,43)44/h10,12-14,18,21,23-25,27,30,32H,8-9,11,15-17,19-20,22H2,1-7H3,(H,46,50)(H,47,52)(H,53,54)/t23-,24+,25+,27+,30-,32-,40+/m0/s1. The minimum absolute atomic E-state index is 0.0428. The number of fused-ring (bicyclic) bond motifs is 3. The Kier molecular flexibility index (Phi) is 12.1. The molecular formula is C41H54F3N5O10S. The number of rotatable bonds is 10. The van der Waals surface area contributed by atoms with Crippen molar-refractivity contribution in [2.45, 2.75) is 127 Å². The van der Waals surface area contributed by atoms with Gasteiger partial charge in [-0.2, -0.15) is 13.2 Å². The van der Waals surface area contributed by atoms with Gasteiger partial charge in [0.1, 0.15) is 40.8 Å². The first-order valence-electron chi connectivity index (χ1n) is 20.2. The Morgan fingerprint density at radius 1 is 1.13 bits per heavy atom. The fourth-order valence-corrected chi connectivity index (χ4v) is 9.74. The molecule has 2 aliphatic carbocycles. The van der Waals surface area contributed by atoms with E-state index in [0.29, 0.717) is 68.4 Å². The normalized spacial score (nSPS) is 28.3. The third kappa shape index (κ3) is 8.42. The highest BCUT2D eigenvalue weighted by Gasteiger charge is 2.64. The molecule has 2 saturated carbocycles. The van der Waals surface area contributed by atoms with Crippen LogP contribution in [0.3, 0.4) is 0 Å². The zero-order valence-electron chi connectivity index (χ0n) is 34.8. The van der Waals surface area contributed by atoms with E-state index < -0.39 is 85.9 Å². The summed E-state index contributed by atoms with van der Waals surface area (Å²) in [6, 6.07) is 1.71. The molecule has 3 N–H and O–H groups in total. The van der Waals surface area contributed by atoms with Gasteiger partial charge in [-0.3, -0.25) is 24.0 Å². The molecule has 3 heterocycles. The maximum atomic E-state index is 15.1. The Morgan fingerprint density at radius 2 is 1.83 bits per heavy atom. The van der Waals surface area contributed by atoms with Gasteiger partial charge in [0, 0.05) is 23.1 Å². The number of carbonyl (C=O) groups excluding carboxylic acids is 3. The van der Waals surface area contributed by atoms with Crippen molar-refractivity contribution in [3.05, 3.63) is 36.5 Å². The number of allylic oxidation sites excluding steroid dienone is 1. The number of carboxylic acid groups (broad SMARTS) is 1. The number of benzene rings is 1. The van der Waals surface area contributed by atoms with Crippen LogP contribution < -0.4 is 24.2 Å². The lowest BCUT2D eigenvalue weighted by molar-refractivity contribution is -0.222. The smallest absolute Gasteiger partial charge is 0.411 e. The van der Waals surface area contributed by atoms with Crippen LogP contribution in [0, 0.1) is 17.8 Å². The van der Waals surface area contributed by atoms with Crippen LogP contribution in [0.25, 0.3) is 10.8 Å². The number of hydrogen-bond acceptors (Lipinski definition) is 10. The number of hydrogen-bond donors (Lipinski definition) is 3. The van der Waals surface area contributed by atoms with Crippen molar-refractivity contribution in [2.24, 2.45) is 17.8 Å². The molecule has 1 saturated heterocycles. The number of nitrogens with zero attached hydrogens (tertiary/aromatic N) is 3. The maximum Gasteiger partial charge on any atom is 0.411 e. The molecule has 7 atom stereocenters. The summed E-state index contributed by atoms with van der Waals surface area (Å²) in [5.74, 6) is -3.65. The molecule has 6 rings (SSSR count). The summed E-state index contributed by atoms with van der Waals surface area (Å²) in [7, 11) is -2.67. The van der Waals surface area contributed by atoms with Crippen molar-refractivity contribution in [3.8, 4) is 17.4 Å². The molecule has 19 heteroatoms. The molecule has 0 radical (unpaired) electrons. The van der Waals surface area contributed by atoms with Gasteiger partial charge in [-0.05, 0) is 96.3 Å². The first-order valence-corrected chi connectivity index (χ1v) is 21.7.